The van der Waals surface area contributed by atoms with Gasteiger partial charge in [0, 0.05) is 5.56 Å². The summed E-state index contributed by atoms with van der Waals surface area (Å²) in [5, 5.41) is 13.3. The first-order chi connectivity index (χ1) is 10.1. The monoisotopic (exact) mass is 284 g/mol. The summed E-state index contributed by atoms with van der Waals surface area (Å²) in [4.78, 5) is 23.0. The van der Waals surface area contributed by atoms with Crippen molar-refractivity contribution in [2.24, 2.45) is 0 Å². The van der Waals surface area contributed by atoms with Crippen LogP contribution in [0.3, 0.4) is 0 Å². The van der Waals surface area contributed by atoms with Crippen molar-refractivity contribution >= 4 is 18.0 Å². The van der Waals surface area contributed by atoms with Gasteiger partial charge in [-0.25, -0.2) is 4.39 Å². The standard InChI is InChI=1S/C16H12FNO3/c17-13-8-6-11(7-9-13)10-14(16(20)21)18-15(19)12-4-2-1-3-5-12/h1-10H,(H,18,19)(H,20,21)/p-1/b14-10-. The molecule has 0 bridgehead atoms. The second-order valence-electron chi connectivity index (χ2n) is 4.22. The lowest BCUT2D eigenvalue weighted by atomic mass is 10.1. The van der Waals surface area contributed by atoms with Crippen LogP contribution in [0.5, 0.6) is 0 Å². The first kappa shape index (κ1) is 14.5. The van der Waals surface area contributed by atoms with E-state index in [9.17, 15) is 19.1 Å². The van der Waals surface area contributed by atoms with Crippen molar-refractivity contribution in [1.29, 1.82) is 0 Å². The molecule has 1 N–H and O–H groups in total. The summed E-state index contributed by atoms with van der Waals surface area (Å²) in [7, 11) is 0. The molecule has 0 fully saturated rings. The molecule has 21 heavy (non-hydrogen) atoms. The minimum Gasteiger partial charge on any atom is -0.543 e. The van der Waals surface area contributed by atoms with Crippen molar-refractivity contribution in [1.82, 2.24) is 5.32 Å². The lowest BCUT2D eigenvalue weighted by molar-refractivity contribution is -0.299. The summed E-state index contributed by atoms with van der Waals surface area (Å²) in [6, 6.07) is 13.4. The van der Waals surface area contributed by atoms with Crippen LogP contribution in [0.2, 0.25) is 0 Å². The first-order valence-corrected chi connectivity index (χ1v) is 6.11. The van der Waals surface area contributed by atoms with Crippen molar-refractivity contribution in [2.45, 2.75) is 0 Å². The molecular weight excluding hydrogens is 273 g/mol. The fraction of sp³-hybridized carbons (Fsp3) is 0. The van der Waals surface area contributed by atoms with Crippen LogP contribution in [0.1, 0.15) is 15.9 Å². The highest BCUT2D eigenvalue weighted by atomic mass is 19.1. The molecule has 0 aliphatic rings. The highest BCUT2D eigenvalue weighted by molar-refractivity contribution is 6.02. The van der Waals surface area contributed by atoms with E-state index in [1.165, 1.54) is 30.3 Å². The van der Waals surface area contributed by atoms with Gasteiger partial charge in [-0.05, 0) is 35.9 Å². The van der Waals surface area contributed by atoms with Gasteiger partial charge in [0.15, 0.2) is 0 Å². The Morgan fingerprint density at radius 3 is 2.19 bits per heavy atom. The molecule has 0 aliphatic heterocycles. The van der Waals surface area contributed by atoms with Gasteiger partial charge >= 0.3 is 0 Å². The molecule has 0 radical (unpaired) electrons. The number of carboxylic acids is 1. The number of hydrogen-bond acceptors (Lipinski definition) is 3. The average Bonchev–Trinajstić information content (AvgIpc) is 2.49. The number of halogens is 1. The number of amides is 1. The molecular formula is C16H11FNO3-. The van der Waals surface area contributed by atoms with Crippen molar-refractivity contribution in [2.75, 3.05) is 0 Å². The lowest BCUT2D eigenvalue weighted by Gasteiger charge is -2.11. The van der Waals surface area contributed by atoms with Crippen LogP contribution >= 0.6 is 0 Å². The van der Waals surface area contributed by atoms with E-state index < -0.39 is 23.4 Å². The second-order valence-corrected chi connectivity index (χ2v) is 4.22. The van der Waals surface area contributed by atoms with Gasteiger partial charge < -0.3 is 15.2 Å². The summed E-state index contributed by atoms with van der Waals surface area (Å²) in [6.45, 7) is 0. The minimum absolute atomic E-state index is 0.323. The van der Waals surface area contributed by atoms with Gasteiger partial charge in [-0.3, -0.25) is 4.79 Å². The number of nitrogens with one attached hydrogen (secondary N) is 1. The number of rotatable bonds is 4. The van der Waals surface area contributed by atoms with E-state index >= 15 is 0 Å². The van der Waals surface area contributed by atoms with Crippen LogP contribution in [0.25, 0.3) is 6.08 Å². The van der Waals surface area contributed by atoms with Crippen molar-refractivity contribution < 1.29 is 19.1 Å². The molecule has 0 spiro atoms. The van der Waals surface area contributed by atoms with E-state index in [2.05, 4.69) is 5.32 Å². The van der Waals surface area contributed by atoms with Crippen LogP contribution in [0, 0.1) is 5.82 Å². The summed E-state index contributed by atoms with van der Waals surface area (Å²) in [5.41, 5.74) is 0.364. The van der Waals surface area contributed by atoms with E-state index in [1.807, 2.05) is 0 Å². The summed E-state index contributed by atoms with van der Waals surface area (Å²) >= 11 is 0. The number of carbonyl (C=O) groups is 2. The quantitative estimate of drug-likeness (QED) is 0.862. The van der Waals surface area contributed by atoms with E-state index in [0.29, 0.717) is 11.1 Å². The number of hydrogen-bond donors (Lipinski definition) is 1. The molecule has 2 aromatic carbocycles. The Balaban J connectivity index is 2.22. The number of carboxylic acid groups (broad SMARTS) is 1. The third-order valence-electron chi connectivity index (χ3n) is 2.69. The molecule has 5 heteroatoms. The predicted octanol–water partition coefficient (Wildman–Crippen LogP) is 1.35. The van der Waals surface area contributed by atoms with Gasteiger partial charge in [-0.2, -0.15) is 0 Å². The average molecular weight is 284 g/mol. The highest BCUT2D eigenvalue weighted by Gasteiger charge is 2.08. The molecule has 0 aliphatic carbocycles. The molecule has 0 unspecified atom stereocenters. The minimum atomic E-state index is -1.52. The third kappa shape index (κ3) is 4.01. The van der Waals surface area contributed by atoms with Crippen molar-refractivity contribution in [3.8, 4) is 0 Å². The van der Waals surface area contributed by atoms with Gasteiger partial charge in [0.1, 0.15) is 5.82 Å². The van der Waals surface area contributed by atoms with Crippen LogP contribution in [0.4, 0.5) is 4.39 Å². The molecule has 0 saturated heterocycles. The number of aliphatic carboxylic acids is 1. The van der Waals surface area contributed by atoms with Crippen molar-refractivity contribution in [3.05, 3.63) is 77.2 Å². The molecule has 0 saturated carbocycles. The predicted molar refractivity (Wildman–Crippen MR) is 73.3 cm³/mol. The van der Waals surface area contributed by atoms with Gasteiger partial charge in [-0.15, -0.1) is 0 Å². The maximum atomic E-state index is 12.8. The Morgan fingerprint density at radius 1 is 1.00 bits per heavy atom. The molecule has 0 aromatic heterocycles. The Morgan fingerprint density at radius 2 is 1.62 bits per heavy atom. The molecule has 2 rings (SSSR count). The van der Waals surface area contributed by atoms with E-state index in [-0.39, 0.29) is 0 Å². The van der Waals surface area contributed by atoms with Gasteiger partial charge in [0.2, 0.25) is 0 Å². The molecule has 4 nitrogen and oxygen atoms in total. The second kappa shape index (κ2) is 6.47. The molecule has 106 valence electrons. The SMILES string of the molecule is O=C([O-])/C(=C/c1ccc(F)cc1)NC(=O)c1ccccc1. The smallest absolute Gasteiger partial charge is 0.255 e. The lowest BCUT2D eigenvalue weighted by Crippen LogP contribution is -2.35. The van der Waals surface area contributed by atoms with E-state index in [0.717, 1.165) is 0 Å². The Kier molecular flexibility index (Phi) is 4.46. The normalized spacial score (nSPS) is 11.0. The van der Waals surface area contributed by atoms with Crippen molar-refractivity contribution in [3.63, 3.8) is 0 Å². The van der Waals surface area contributed by atoms with Crippen LogP contribution in [-0.4, -0.2) is 11.9 Å². The molecule has 1 amide bonds. The zero-order chi connectivity index (χ0) is 15.2. The summed E-state index contributed by atoms with van der Waals surface area (Å²) in [5.74, 6) is -2.52. The van der Waals surface area contributed by atoms with Gasteiger partial charge in [-0.1, -0.05) is 30.3 Å². The van der Waals surface area contributed by atoms with E-state index in [4.69, 9.17) is 0 Å². The summed E-state index contributed by atoms with van der Waals surface area (Å²) < 4.78 is 12.8. The Bertz CT molecular complexity index is 678. The maximum Gasteiger partial charge on any atom is 0.255 e. The molecule has 0 atom stereocenters. The Hall–Kier alpha value is -2.95. The molecule has 2 aromatic rings. The van der Waals surface area contributed by atoms with Crippen LogP contribution in [-0.2, 0) is 4.79 Å². The molecule has 0 heterocycles. The first-order valence-electron chi connectivity index (χ1n) is 6.11. The Labute approximate surface area is 120 Å². The third-order valence-corrected chi connectivity index (χ3v) is 2.69. The van der Waals surface area contributed by atoms with Crippen LogP contribution < -0.4 is 10.4 Å². The van der Waals surface area contributed by atoms with Crippen LogP contribution in [0.15, 0.2) is 60.3 Å². The van der Waals surface area contributed by atoms with Gasteiger partial charge in [0.05, 0.1) is 11.7 Å². The fourth-order valence-electron chi connectivity index (χ4n) is 1.66. The zero-order valence-electron chi connectivity index (χ0n) is 10.9. The number of carbonyl (C=O) groups excluding carboxylic acids is 2. The maximum absolute atomic E-state index is 12.8. The summed E-state index contributed by atoms with van der Waals surface area (Å²) in [6.07, 6.45) is 1.20. The highest BCUT2D eigenvalue weighted by Crippen LogP contribution is 2.08. The van der Waals surface area contributed by atoms with Gasteiger partial charge in [0.25, 0.3) is 5.91 Å². The van der Waals surface area contributed by atoms with E-state index in [1.54, 1.807) is 30.3 Å². The number of benzene rings is 2. The topological polar surface area (TPSA) is 69.2 Å². The fourth-order valence-corrected chi connectivity index (χ4v) is 1.66. The zero-order valence-corrected chi connectivity index (χ0v) is 10.9. The largest absolute Gasteiger partial charge is 0.543 e.